The zero-order valence-electron chi connectivity index (χ0n) is 13.3. The number of hydrogen-bond acceptors (Lipinski definition) is 1. The van der Waals surface area contributed by atoms with Gasteiger partial charge >= 0.3 is 0 Å². The van der Waals surface area contributed by atoms with Gasteiger partial charge in [0.05, 0.1) is 10.0 Å². The third-order valence-corrected chi connectivity index (χ3v) is 4.70. The highest BCUT2D eigenvalue weighted by Crippen LogP contribution is 2.22. The Morgan fingerprint density at radius 1 is 0.667 bits per heavy atom. The SMILES string of the molecule is Clc1ccc(CNCCc2ccc(-c3ccccc3)cc2)cc1Cl. The first kappa shape index (κ1) is 17.0. The van der Waals surface area contributed by atoms with Crippen LogP contribution >= 0.6 is 23.2 Å². The van der Waals surface area contributed by atoms with Gasteiger partial charge in [-0.25, -0.2) is 0 Å². The Balaban J connectivity index is 1.49. The number of hydrogen-bond donors (Lipinski definition) is 1. The van der Waals surface area contributed by atoms with E-state index in [2.05, 4.69) is 53.8 Å². The molecule has 0 aromatic heterocycles. The minimum atomic E-state index is 0.596. The largest absolute Gasteiger partial charge is 0.312 e. The Morgan fingerprint density at radius 3 is 2.04 bits per heavy atom. The van der Waals surface area contributed by atoms with Crippen molar-refractivity contribution in [2.75, 3.05) is 6.54 Å². The van der Waals surface area contributed by atoms with Gasteiger partial charge < -0.3 is 5.32 Å². The van der Waals surface area contributed by atoms with Crippen LogP contribution in [0.25, 0.3) is 11.1 Å². The van der Waals surface area contributed by atoms with E-state index in [9.17, 15) is 0 Å². The summed E-state index contributed by atoms with van der Waals surface area (Å²) in [5, 5.41) is 4.64. The normalized spacial score (nSPS) is 10.8. The molecule has 3 aromatic carbocycles. The van der Waals surface area contributed by atoms with E-state index >= 15 is 0 Å². The molecule has 0 aliphatic rings. The van der Waals surface area contributed by atoms with Crippen molar-refractivity contribution < 1.29 is 0 Å². The van der Waals surface area contributed by atoms with Gasteiger partial charge in [-0.15, -0.1) is 0 Å². The third kappa shape index (κ3) is 4.61. The molecule has 0 atom stereocenters. The van der Waals surface area contributed by atoms with Crippen molar-refractivity contribution in [2.45, 2.75) is 13.0 Å². The second-order valence-corrected chi connectivity index (χ2v) is 6.55. The molecule has 3 heteroatoms. The van der Waals surface area contributed by atoms with Crippen LogP contribution in [0.5, 0.6) is 0 Å². The fourth-order valence-corrected chi connectivity index (χ4v) is 2.93. The van der Waals surface area contributed by atoms with Gasteiger partial charge in [-0.05, 0) is 47.4 Å². The van der Waals surface area contributed by atoms with E-state index < -0.39 is 0 Å². The zero-order chi connectivity index (χ0) is 16.8. The lowest BCUT2D eigenvalue weighted by atomic mass is 10.0. The van der Waals surface area contributed by atoms with Gasteiger partial charge in [0, 0.05) is 6.54 Å². The van der Waals surface area contributed by atoms with Crippen LogP contribution in [0.1, 0.15) is 11.1 Å². The van der Waals surface area contributed by atoms with E-state index in [0.717, 1.165) is 25.1 Å². The van der Waals surface area contributed by atoms with E-state index in [0.29, 0.717) is 10.0 Å². The predicted octanol–water partition coefficient (Wildman–Crippen LogP) is 5.99. The van der Waals surface area contributed by atoms with Gasteiger partial charge in [-0.1, -0.05) is 83.9 Å². The summed E-state index contributed by atoms with van der Waals surface area (Å²) >= 11 is 12.0. The molecular weight excluding hydrogens is 337 g/mol. The summed E-state index contributed by atoms with van der Waals surface area (Å²) in [7, 11) is 0. The minimum absolute atomic E-state index is 0.596. The summed E-state index contributed by atoms with van der Waals surface area (Å²) in [6.07, 6.45) is 0.996. The monoisotopic (exact) mass is 355 g/mol. The van der Waals surface area contributed by atoms with Crippen LogP contribution in [0.3, 0.4) is 0 Å². The van der Waals surface area contributed by atoms with Gasteiger partial charge in [-0.2, -0.15) is 0 Å². The van der Waals surface area contributed by atoms with Crippen LogP contribution in [-0.4, -0.2) is 6.54 Å². The van der Waals surface area contributed by atoms with E-state index in [-0.39, 0.29) is 0 Å². The molecule has 1 nitrogen and oxygen atoms in total. The molecule has 3 aromatic rings. The van der Waals surface area contributed by atoms with E-state index in [4.69, 9.17) is 23.2 Å². The molecule has 0 amide bonds. The maximum atomic E-state index is 6.03. The van der Waals surface area contributed by atoms with Crippen molar-refractivity contribution in [3.8, 4) is 11.1 Å². The molecule has 0 saturated carbocycles. The summed E-state index contributed by atoms with van der Waals surface area (Å²) in [5.41, 5.74) is 4.98. The van der Waals surface area contributed by atoms with Crippen LogP contribution < -0.4 is 5.32 Å². The first-order valence-electron chi connectivity index (χ1n) is 8.01. The summed E-state index contributed by atoms with van der Waals surface area (Å²) in [4.78, 5) is 0. The first-order chi connectivity index (χ1) is 11.7. The quantitative estimate of drug-likeness (QED) is 0.535. The summed E-state index contributed by atoms with van der Waals surface area (Å²) in [5.74, 6) is 0. The highest BCUT2D eigenvalue weighted by molar-refractivity contribution is 6.42. The first-order valence-corrected chi connectivity index (χ1v) is 8.77. The molecule has 122 valence electrons. The molecule has 1 N–H and O–H groups in total. The van der Waals surface area contributed by atoms with Crippen LogP contribution in [0.15, 0.2) is 72.8 Å². The molecular formula is C21H19Cl2N. The van der Waals surface area contributed by atoms with Gasteiger partial charge in [-0.3, -0.25) is 0 Å². The second kappa shape index (κ2) is 8.34. The summed E-state index contributed by atoms with van der Waals surface area (Å²) < 4.78 is 0. The smallest absolute Gasteiger partial charge is 0.0595 e. The van der Waals surface area contributed by atoms with E-state index in [1.54, 1.807) is 0 Å². The van der Waals surface area contributed by atoms with Gasteiger partial charge in [0.15, 0.2) is 0 Å². The second-order valence-electron chi connectivity index (χ2n) is 5.74. The van der Waals surface area contributed by atoms with Crippen LogP contribution in [-0.2, 0) is 13.0 Å². The lowest BCUT2D eigenvalue weighted by Crippen LogP contribution is -2.16. The summed E-state index contributed by atoms with van der Waals surface area (Å²) in [6.45, 7) is 1.71. The molecule has 0 unspecified atom stereocenters. The molecule has 0 fully saturated rings. The Bertz CT molecular complexity index is 783. The average molecular weight is 356 g/mol. The van der Waals surface area contributed by atoms with Crippen molar-refractivity contribution in [1.29, 1.82) is 0 Å². The van der Waals surface area contributed by atoms with Gasteiger partial charge in [0.1, 0.15) is 0 Å². The highest BCUT2D eigenvalue weighted by Gasteiger charge is 2.00. The van der Waals surface area contributed by atoms with Crippen molar-refractivity contribution in [3.63, 3.8) is 0 Å². The standard InChI is InChI=1S/C21H19Cl2N/c22-20-11-8-17(14-21(20)23)15-24-13-12-16-6-9-19(10-7-16)18-4-2-1-3-5-18/h1-11,14,24H,12-13,15H2. The Kier molecular flexibility index (Phi) is 5.92. The molecule has 24 heavy (non-hydrogen) atoms. The van der Waals surface area contributed by atoms with Crippen LogP contribution in [0, 0.1) is 0 Å². The lowest BCUT2D eigenvalue weighted by molar-refractivity contribution is 0.687. The average Bonchev–Trinajstić information content (AvgIpc) is 2.63. The number of halogens is 2. The predicted molar refractivity (Wildman–Crippen MR) is 104 cm³/mol. The van der Waals surface area contributed by atoms with Crippen molar-refractivity contribution in [1.82, 2.24) is 5.32 Å². The highest BCUT2D eigenvalue weighted by atomic mass is 35.5. The van der Waals surface area contributed by atoms with Crippen LogP contribution in [0.4, 0.5) is 0 Å². The molecule has 0 aliphatic carbocycles. The van der Waals surface area contributed by atoms with E-state index in [1.807, 2.05) is 24.3 Å². The molecule has 0 saturated heterocycles. The molecule has 0 spiro atoms. The summed E-state index contributed by atoms with van der Waals surface area (Å²) in [6, 6.07) is 24.9. The fourth-order valence-electron chi connectivity index (χ4n) is 2.61. The van der Waals surface area contributed by atoms with Gasteiger partial charge in [0.25, 0.3) is 0 Å². The minimum Gasteiger partial charge on any atom is -0.312 e. The topological polar surface area (TPSA) is 12.0 Å². The Morgan fingerprint density at radius 2 is 1.33 bits per heavy atom. The molecule has 0 heterocycles. The van der Waals surface area contributed by atoms with E-state index in [1.165, 1.54) is 16.7 Å². The Hall–Kier alpha value is -1.80. The van der Waals surface area contributed by atoms with Crippen molar-refractivity contribution in [2.24, 2.45) is 0 Å². The van der Waals surface area contributed by atoms with Crippen LogP contribution in [0.2, 0.25) is 10.0 Å². The third-order valence-electron chi connectivity index (χ3n) is 3.96. The number of nitrogens with one attached hydrogen (secondary N) is 1. The number of rotatable bonds is 6. The molecule has 0 bridgehead atoms. The zero-order valence-corrected chi connectivity index (χ0v) is 14.8. The van der Waals surface area contributed by atoms with Crippen molar-refractivity contribution >= 4 is 23.2 Å². The molecule has 3 rings (SSSR count). The maximum Gasteiger partial charge on any atom is 0.0595 e. The van der Waals surface area contributed by atoms with Crippen molar-refractivity contribution in [3.05, 3.63) is 94.0 Å². The molecule has 0 aliphatic heterocycles. The molecule has 0 radical (unpaired) electrons. The lowest BCUT2D eigenvalue weighted by Gasteiger charge is -2.07. The maximum absolute atomic E-state index is 6.03. The van der Waals surface area contributed by atoms with Gasteiger partial charge in [0.2, 0.25) is 0 Å². The fraction of sp³-hybridized carbons (Fsp3) is 0.143. The number of benzene rings is 3. The Labute approximate surface area is 153 Å².